The summed E-state index contributed by atoms with van der Waals surface area (Å²) < 4.78 is 0. The molecule has 2 aliphatic rings. The minimum absolute atomic E-state index is 0.221. The first-order valence-electron chi connectivity index (χ1n) is 12.1. The first kappa shape index (κ1) is 22.0. The fourth-order valence-electron chi connectivity index (χ4n) is 5.49. The molecule has 0 radical (unpaired) electrons. The molecule has 4 nitrogen and oxygen atoms in total. The van der Waals surface area contributed by atoms with Crippen molar-refractivity contribution in [2.45, 2.75) is 37.4 Å². The number of hydrogen-bond acceptors (Lipinski definition) is 4. The molecular formula is C29H33N3O. The minimum Gasteiger partial charge on any atom is -0.395 e. The topological polar surface area (TPSA) is 39.6 Å². The normalized spacial score (nSPS) is 24.1. The van der Waals surface area contributed by atoms with Crippen LogP contribution in [-0.2, 0) is 6.54 Å². The van der Waals surface area contributed by atoms with Gasteiger partial charge in [-0.15, -0.1) is 0 Å². The summed E-state index contributed by atoms with van der Waals surface area (Å²) in [5.74, 6) is 0.372. The number of pyridine rings is 1. The Kier molecular flexibility index (Phi) is 6.96. The Bertz CT molecular complexity index is 1040. The average Bonchev–Trinajstić information content (AvgIpc) is 2.85. The summed E-state index contributed by atoms with van der Waals surface area (Å²) in [4.78, 5) is 9.41. The van der Waals surface area contributed by atoms with Crippen LogP contribution in [0.4, 0.5) is 0 Å². The van der Waals surface area contributed by atoms with E-state index in [1.807, 2.05) is 24.5 Å². The lowest BCUT2D eigenvalue weighted by atomic mass is 9.74. The van der Waals surface area contributed by atoms with Gasteiger partial charge in [-0.1, -0.05) is 72.8 Å². The molecule has 33 heavy (non-hydrogen) atoms. The Morgan fingerprint density at radius 1 is 0.879 bits per heavy atom. The van der Waals surface area contributed by atoms with Crippen LogP contribution in [0.3, 0.4) is 0 Å². The zero-order valence-corrected chi connectivity index (χ0v) is 19.1. The number of benzene rings is 2. The van der Waals surface area contributed by atoms with Crippen LogP contribution >= 0.6 is 0 Å². The first-order chi connectivity index (χ1) is 16.3. The summed E-state index contributed by atoms with van der Waals surface area (Å²) in [5.41, 5.74) is 5.03. The molecule has 170 valence electrons. The molecule has 0 spiro atoms. The molecule has 2 aliphatic heterocycles. The highest BCUT2D eigenvalue weighted by Crippen LogP contribution is 2.42. The molecule has 2 fully saturated rings. The van der Waals surface area contributed by atoms with Gasteiger partial charge in [-0.3, -0.25) is 14.8 Å². The van der Waals surface area contributed by atoms with E-state index in [0.717, 1.165) is 26.2 Å². The van der Waals surface area contributed by atoms with Gasteiger partial charge in [-0.05, 0) is 54.3 Å². The molecule has 0 unspecified atom stereocenters. The van der Waals surface area contributed by atoms with Crippen molar-refractivity contribution in [2.75, 3.05) is 26.2 Å². The molecule has 3 heterocycles. The molecule has 2 aromatic carbocycles. The molecule has 3 aromatic rings. The van der Waals surface area contributed by atoms with E-state index in [1.165, 1.54) is 35.1 Å². The highest BCUT2D eigenvalue weighted by Gasteiger charge is 2.48. The Balaban J connectivity index is 1.31. The Labute approximate surface area is 197 Å². The lowest BCUT2D eigenvalue weighted by Crippen LogP contribution is -2.67. The maximum atomic E-state index is 10.2. The molecule has 3 atom stereocenters. The third-order valence-electron chi connectivity index (χ3n) is 7.17. The van der Waals surface area contributed by atoms with Crippen molar-refractivity contribution in [1.29, 1.82) is 0 Å². The predicted octanol–water partition coefficient (Wildman–Crippen LogP) is 4.68. The van der Waals surface area contributed by atoms with E-state index in [1.54, 1.807) is 0 Å². The Morgan fingerprint density at radius 2 is 1.64 bits per heavy atom. The van der Waals surface area contributed by atoms with Crippen LogP contribution < -0.4 is 0 Å². The quantitative estimate of drug-likeness (QED) is 0.566. The van der Waals surface area contributed by atoms with E-state index < -0.39 is 0 Å². The second-order valence-electron chi connectivity index (χ2n) is 9.30. The summed E-state index contributed by atoms with van der Waals surface area (Å²) >= 11 is 0. The van der Waals surface area contributed by atoms with Crippen LogP contribution in [-0.4, -0.2) is 58.2 Å². The maximum Gasteiger partial charge on any atom is 0.0593 e. The second kappa shape index (κ2) is 10.4. The zero-order chi connectivity index (χ0) is 22.5. The molecule has 0 bridgehead atoms. The molecule has 0 aliphatic carbocycles. The van der Waals surface area contributed by atoms with Crippen LogP contribution in [0.1, 0.15) is 41.0 Å². The van der Waals surface area contributed by atoms with Crippen molar-refractivity contribution < 1.29 is 5.11 Å². The van der Waals surface area contributed by atoms with Gasteiger partial charge in [0.2, 0.25) is 0 Å². The number of rotatable bonds is 6. The van der Waals surface area contributed by atoms with Crippen molar-refractivity contribution in [1.82, 2.24) is 14.8 Å². The van der Waals surface area contributed by atoms with E-state index in [9.17, 15) is 5.11 Å². The molecule has 1 aromatic heterocycles. The lowest BCUT2D eigenvalue weighted by molar-refractivity contribution is -0.0655. The highest BCUT2D eigenvalue weighted by atomic mass is 16.3. The highest BCUT2D eigenvalue weighted by molar-refractivity contribution is 5.69. The van der Waals surface area contributed by atoms with E-state index in [-0.39, 0.29) is 12.6 Å². The van der Waals surface area contributed by atoms with Crippen LogP contribution in [0.25, 0.3) is 12.2 Å². The average molecular weight is 440 g/mol. The number of hydrogen-bond donors (Lipinski definition) is 1. The smallest absolute Gasteiger partial charge is 0.0593 e. The van der Waals surface area contributed by atoms with Crippen LogP contribution in [0, 0.1) is 0 Å². The summed E-state index contributed by atoms with van der Waals surface area (Å²) in [5, 5.41) is 10.2. The minimum atomic E-state index is 0.221. The number of aliphatic hydroxyl groups is 1. The third-order valence-corrected chi connectivity index (χ3v) is 7.17. The lowest BCUT2D eigenvalue weighted by Gasteiger charge is -2.57. The van der Waals surface area contributed by atoms with Gasteiger partial charge in [-0.2, -0.15) is 0 Å². The Morgan fingerprint density at radius 3 is 2.36 bits per heavy atom. The third kappa shape index (κ3) is 5.09. The number of aromatic nitrogens is 1. The van der Waals surface area contributed by atoms with Gasteiger partial charge in [0.15, 0.2) is 0 Å². The Hall–Kier alpha value is -2.79. The maximum absolute atomic E-state index is 10.2. The van der Waals surface area contributed by atoms with Gasteiger partial charge in [0.1, 0.15) is 0 Å². The van der Waals surface area contributed by atoms with Crippen LogP contribution in [0.5, 0.6) is 0 Å². The van der Waals surface area contributed by atoms with Crippen molar-refractivity contribution in [3.8, 4) is 0 Å². The monoisotopic (exact) mass is 439 g/mol. The molecule has 5 rings (SSSR count). The van der Waals surface area contributed by atoms with Gasteiger partial charge >= 0.3 is 0 Å². The van der Waals surface area contributed by atoms with Gasteiger partial charge in [0.05, 0.1) is 6.61 Å². The number of fused-ring (bicyclic) bond motifs is 1. The molecule has 1 N–H and O–H groups in total. The largest absolute Gasteiger partial charge is 0.395 e. The fraction of sp³-hybridized carbons (Fsp3) is 0.345. The SMILES string of the molecule is OC[C@@H]1[C@H](c2ccc(/C=C/c3ccccc3)cc2)[C@H]2CN(Cc3cccnc3)CCCCN12. The van der Waals surface area contributed by atoms with Crippen molar-refractivity contribution >= 4 is 12.2 Å². The fourth-order valence-corrected chi connectivity index (χ4v) is 5.49. The molecular weight excluding hydrogens is 406 g/mol. The zero-order valence-electron chi connectivity index (χ0n) is 19.1. The van der Waals surface area contributed by atoms with Gasteiger partial charge in [-0.25, -0.2) is 0 Å². The van der Waals surface area contributed by atoms with Crippen LogP contribution in [0.2, 0.25) is 0 Å². The van der Waals surface area contributed by atoms with Gasteiger partial charge in [0.25, 0.3) is 0 Å². The number of nitrogens with zero attached hydrogens (tertiary/aromatic N) is 3. The van der Waals surface area contributed by atoms with Gasteiger partial charge < -0.3 is 5.11 Å². The summed E-state index contributed by atoms with van der Waals surface area (Å²) in [6.45, 7) is 4.41. The van der Waals surface area contributed by atoms with Gasteiger partial charge in [0, 0.05) is 43.5 Å². The van der Waals surface area contributed by atoms with E-state index in [4.69, 9.17) is 0 Å². The summed E-state index contributed by atoms with van der Waals surface area (Å²) in [7, 11) is 0. The van der Waals surface area contributed by atoms with E-state index in [2.05, 4.69) is 81.5 Å². The summed E-state index contributed by atoms with van der Waals surface area (Å²) in [6, 6.07) is 24.2. The summed E-state index contributed by atoms with van der Waals surface area (Å²) in [6.07, 6.45) is 10.5. The predicted molar refractivity (Wildman–Crippen MR) is 135 cm³/mol. The van der Waals surface area contributed by atoms with Crippen molar-refractivity contribution in [2.24, 2.45) is 0 Å². The van der Waals surface area contributed by atoms with E-state index in [0.29, 0.717) is 12.0 Å². The second-order valence-corrected chi connectivity index (χ2v) is 9.30. The molecule has 2 saturated heterocycles. The van der Waals surface area contributed by atoms with Crippen molar-refractivity contribution in [3.63, 3.8) is 0 Å². The molecule has 0 amide bonds. The van der Waals surface area contributed by atoms with Crippen molar-refractivity contribution in [3.05, 3.63) is 101 Å². The molecule has 0 saturated carbocycles. The standard InChI is InChI=1S/C29H33N3O/c33-22-28-29(26-14-12-24(13-15-26)11-10-23-7-2-1-3-8-23)27-21-31(17-4-5-18-32(27)28)20-25-9-6-16-30-19-25/h1-3,6-16,19,27-29,33H,4-5,17-18,20-22H2/b11-10+/t27-,28-,29-/m1/s1. The molecule has 4 heteroatoms. The van der Waals surface area contributed by atoms with Crippen LogP contribution in [0.15, 0.2) is 79.1 Å². The number of aliphatic hydroxyl groups excluding tert-OH is 1. The van der Waals surface area contributed by atoms with E-state index >= 15 is 0 Å². The first-order valence-corrected chi connectivity index (χ1v) is 12.1.